The number of nitrogens with zero attached hydrogens (tertiary/aromatic N) is 3. The molecule has 0 radical (unpaired) electrons. The van der Waals surface area contributed by atoms with Gasteiger partial charge in [0.1, 0.15) is 11.8 Å². The first kappa shape index (κ1) is 20.4. The predicted octanol–water partition coefficient (Wildman–Crippen LogP) is 4.25. The number of methoxy groups -OCH3 is 1. The zero-order valence-corrected chi connectivity index (χ0v) is 17.8. The van der Waals surface area contributed by atoms with Crippen molar-refractivity contribution in [1.82, 2.24) is 14.5 Å². The van der Waals surface area contributed by atoms with Gasteiger partial charge in [0.05, 0.1) is 25.7 Å². The average Bonchev–Trinajstić information content (AvgIpc) is 3.14. The van der Waals surface area contributed by atoms with Crippen LogP contribution in [-0.2, 0) is 17.8 Å². The molecule has 146 valence electrons. The largest absolute Gasteiger partial charge is 0.497 e. The van der Waals surface area contributed by atoms with Gasteiger partial charge in [-0.1, -0.05) is 40.2 Å². The molecule has 0 saturated heterocycles. The normalized spacial score (nSPS) is 15.7. The zero-order valence-electron chi connectivity index (χ0n) is 15.4. The fourth-order valence-corrected chi connectivity index (χ4v) is 3.89. The van der Waals surface area contributed by atoms with Gasteiger partial charge in [0, 0.05) is 17.2 Å². The summed E-state index contributed by atoms with van der Waals surface area (Å²) >= 11 is 3.51. The first-order valence-electron chi connectivity index (χ1n) is 8.83. The SMILES string of the molecule is COc1ccc(CCN2Cc3cncn3C(c3cccc(Br)c3)C2=O)cc1.Cl. The first-order valence-corrected chi connectivity index (χ1v) is 9.63. The fourth-order valence-electron chi connectivity index (χ4n) is 3.48. The summed E-state index contributed by atoms with van der Waals surface area (Å²) in [6.07, 6.45) is 4.40. The molecule has 2 aromatic carbocycles. The van der Waals surface area contributed by atoms with Gasteiger partial charge in [-0.25, -0.2) is 4.98 Å². The van der Waals surface area contributed by atoms with Crippen LogP contribution >= 0.6 is 28.3 Å². The van der Waals surface area contributed by atoms with Gasteiger partial charge in [0.2, 0.25) is 0 Å². The molecule has 5 nitrogen and oxygen atoms in total. The van der Waals surface area contributed by atoms with Crippen LogP contribution in [-0.4, -0.2) is 34.0 Å². The molecule has 1 atom stereocenters. The van der Waals surface area contributed by atoms with E-state index in [0.717, 1.165) is 27.9 Å². The van der Waals surface area contributed by atoms with E-state index >= 15 is 0 Å². The van der Waals surface area contributed by atoms with Gasteiger partial charge in [-0.3, -0.25) is 4.79 Å². The standard InChI is InChI=1S/C21H20BrN3O2.ClH/c1-27-19-7-5-15(6-8-19)9-10-24-13-18-12-23-14-25(18)20(21(24)26)16-3-2-4-17(22)11-16;/h2-8,11-12,14,20H,9-10,13H2,1H3;1H. The van der Waals surface area contributed by atoms with Gasteiger partial charge in [0.25, 0.3) is 5.91 Å². The number of rotatable bonds is 5. The molecule has 7 heteroatoms. The Morgan fingerprint density at radius 1 is 1.21 bits per heavy atom. The number of hydrogen-bond donors (Lipinski definition) is 0. The Morgan fingerprint density at radius 2 is 2.00 bits per heavy atom. The van der Waals surface area contributed by atoms with E-state index in [1.54, 1.807) is 13.4 Å². The van der Waals surface area contributed by atoms with Gasteiger partial charge in [-0.15, -0.1) is 12.4 Å². The molecule has 0 saturated carbocycles. The zero-order chi connectivity index (χ0) is 18.8. The van der Waals surface area contributed by atoms with Gasteiger partial charge in [-0.05, 0) is 41.8 Å². The number of carbonyl (C=O) groups excluding carboxylic acids is 1. The third-order valence-corrected chi connectivity index (χ3v) is 5.41. The number of carbonyl (C=O) groups is 1. The quantitative estimate of drug-likeness (QED) is 0.569. The number of ether oxygens (including phenoxy) is 1. The van der Waals surface area contributed by atoms with E-state index in [9.17, 15) is 4.79 Å². The van der Waals surface area contributed by atoms with Crippen LogP contribution < -0.4 is 4.74 Å². The molecule has 0 N–H and O–H groups in total. The molecule has 4 rings (SSSR count). The molecule has 1 amide bonds. The van der Waals surface area contributed by atoms with Crippen molar-refractivity contribution in [1.29, 1.82) is 0 Å². The van der Waals surface area contributed by atoms with Crippen LogP contribution in [0.4, 0.5) is 0 Å². The number of halogens is 2. The van der Waals surface area contributed by atoms with Crippen molar-refractivity contribution in [3.8, 4) is 5.75 Å². The lowest BCUT2D eigenvalue weighted by atomic mass is 10.0. The monoisotopic (exact) mass is 461 g/mol. The van der Waals surface area contributed by atoms with E-state index in [-0.39, 0.29) is 24.4 Å². The molecule has 28 heavy (non-hydrogen) atoms. The molecule has 1 aliphatic rings. The second-order valence-electron chi connectivity index (χ2n) is 6.61. The van der Waals surface area contributed by atoms with Crippen LogP contribution in [0.5, 0.6) is 5.75 Å². The number of amides is 1. The highest BCUT2D eigenvalue weighted by molar-refractivity contribution is 9.10. The molecule has 0 aliphatic carbocycles. The summed E-state index contributed by atoms with van der Waals surface area (Å²) in [5.41, 5.74) is 3.19. The van der Waals surface area contributed by atoms with Gasteiger partial charge >= 0.3 is 0 Å². The molecule has 1 aliphatic heterocycles. The minimum absolute atomic E-state index is 0. The minimum atomic E-state index is -0.371. The molecule has 0 fully saturated rings. The summed E-state index contributed by atoms with van der Waals surface area (Å²) in [5, 5.41) is 0. The van der Waals surface area contributed by atoms with Crippen molar-refractivity contribution in [2.45, 2.75) is 19.0 Å². The average molecular weight is 463 g/mol. The first-order chi connectivity index (χ1) is 13.2. The molecular weight excluding hydrogens is 442 g/mol. The Kier molecular flexibility index (Phi) is 6.42. The number of benzene rings is 2. The topological polar surface area (TPSA) is 47.4 Å². The van der Waals surface area contributed by atoms with Crippen molar-refractivity contribution < 1.29 is 9.53 Å². The predicted molar refractivity (Wildman–Crippen MR) is 114 cm³/mol. The Balaban J connectivity index is 0.00000225. The lowest BCUT2D eigenvalue weighted by molar-refractivity contribution is -0.136. The summed E-state index contributed by atoms with van der Waals surface area (Å²) in [6.45, 7) is 1.25. The van der Waals surface area contributed by atoms with E-state index in [1.165, 1.54) is 5.56 Å². The van der Waals surface area contributed by atoms with E-state index in [1.807, 2.05) is 64.2 Å². The second-order valence-corrected chi connectivity index (χ2v) is 7.52. The summed E-state index contributed by atoms with van der Waals surface area (Å²) in [6, 6.07) is 15.5. The maximum Gasteiger partial charge on any atom is 0.250 e. The van der Waals surface area contributed by atoms with Crippen LogP contribution in [0, 0.1) is 0 Å². The van der Waals surface area contributed by atoms with E-state index < -0.39 is 0 Å². The third kappa shape index (κ3) is 4.08. The number of fused-ring (bicyclic) bond motifs is 1. The maximum atomic E-state index is 13.3. The molecule has 3 aromatic rings. The molecule has 1 unspecified atom stereocenters. The Bertz CT molecular complexity index is 958. The van der Waals surface area contributed by atoms with Crippen molar-refractivity contribution in [2.75, 3.05) is 13.7 Å². The molecule has 1 aromatic heterocycles. The van der Waals surface area contributed by atoms with Crippen molar-refractivity contribution in [3.63, 3.8) is 0 Å². The maximum absolute atomic E-state index is 13.3. The van der Waals surface area contributed by atoms with Crippen molar-refractivity contribution in [3.05, 3.63) is 82.3 Å². The molecule has 0 spiro atoms. The smallest absolute Gasteiger partial charge is 0.250 e. The van der Waals surface area contributed by atoms with Crippen LogP contribution in [0.25, 0.3) is 0 Å². The molecule has 0 bridgehead atoms. The second kappa shape index (κ2) is 8.80. The summed E-state index contributed by atoms with van der Waals surface area (Å²) in [4.78, 5) is 19.5. The highest BCUT2D eigenvalue weighted by Crippen LogP contribution is 2.30. The van der Waals surface area contributed by atoms with Crippen LogP contribution in [0.3, 0.4) is 0 Å². The highest BCUT2D eigenvalue weighted by Gasteiger charge is 2.33. The Morgan fingerprint density at radius 3 is 2.71 bits per heavy atom. The molecule has 2 heterocycles. The van der Waals surface area contributed by atoms with Crippen LogP contribution in [0.2, 0.25) is 0 Å². The summed E-state index contributed by atoms with van der Waals surface area (Å²) in [5.74, 6) is 0.943. The number of imidazole rings is 1. The molecular formula is C21H21BrClN3O2. The van der Waals surface area contributed by atoms with E-state index in [4.69, 9.17) is 4.74 Å². The summed E-state index contributed by atoms with van der Waals surface area (Å²) in [7, 11) is 1.66. The summed E-state index contributed by atoms with van der Waals surface area (Å²) < 4.78 is 8.15. The lowest BCUT2D eigenvalue weighted by Gasteiger charge is -2.34. The van der Waals surface area contributed by atoms with Crippen LogP contribution in [0.15, 0.2) is 65.5 Å². The highest BCUT2D eigenvalue weighted by atomic mass is 79.9. The van der Waals surface area contributed by atoms with E-state index in [2.05, 4.69) is 20.9 Å². The Labute approximate surface area is 178 Å². The minimum Gasteiger partial charge on any atom is -0.497 e. The van der Waals surface area contributed by atoms with Crippen molar-refractivity contribution >= 4 is 34.2 Å². The Hall–Kier alpha value is -2.31. The van der Waals surface area contributed by atoms with Gasteiger partial charge in [0.15, 0.2) is 0 Å². The van der Waals surface area contributed by atoms with Gasteiger partial charge < -0.3 is 14.2 Å². The van der Waals surface area contributed by atoms with Crippen LogP contribution in [0.1, 0.15) is 22.9 Å². The lowest BCUT2D eigenvalue weighted by Crippen LogP contribution is -2.43. The third-order valence-electron chi connectivity index (χ3n) is 4.92. The van der Waals surface area contributed by atoms with Crippen molar-refractivity contribution in [2.24, 2.45) is 0 Å². The number of hydrogen-bond acceptors (Lipinski definition) is 3. The van der Waals surface area contributed by atoms with E-state index in [0.29, 0.717) is 13.1 Å². The van der Waals surface area contributed by atoms with Gasteiger partial charge in [-0.2, -0.15) is 0 Å². The fraction of sp³-hybridized carbons (Fsp3) is 0.238. The number of aromatic nitrogens is 2.